The van der Waals surface area contributed by atoms with E-state index >= 15 is 0 Å². The highest BCUT2D eigenvalue weighted by Crippen LogP contribution is 2.26. The predicted octanol–water partition coefficient (Wildman–Crippen LogP) is 3.34. The number of amides is 3. The molecule has 0 saturated carbocycles. The molecule has 0 aromatic heterocycles. The van der Waals surface area contributed by atoms with Crippen molar-refractivity contribution in [3.05, 3.63) is 59.2 Å². The number of rotatable bonds is 3. The number of halogens is 2. The number of nitrogens with one attached hydrogen (secondary N) is 3. The van der Waals surface area contributed by atoms with Gasteiger partial charge >= 0.3 is 6.03 Å². The van der Waals surface area contributed by atoms with E-state index in [2.05, 4.69) is 16.0 Å². The smallest absolute Gasteiger partial charge is 0.319 e. The van der Waals surface area contributed by atoms with Crippen molar-refractivity contribution in [1.82, 2.24) is 5.32 Å². The molecular formula is C17H15F2N3O2. The van der Waals surface area contributed by atoms with Crippen molar-refractivity contribution in [3.8, 4) is 0 Å². The van der Waals surface area contributed by atoms with Gasteiger partial charge in [-0.15, -0.1) is 0 Å². The minimum Gasteiger partial charge on any atom is -0.331 e. The number of carbonyl (C=O) groups is 2. The molecule has 3 amide bonds. The van der Waals surface area contributed by atoms with E-state index in [4.69, 9.17) is 0 Å². The molecule has 1 atom stereocenters. The average Bonchev–Trinajstić information content (AvgIpc) is 2.89. The number of benzene rings is 2. The molecule has 0 spiro atoms. The monoisotopic (exact) mass is 331 g/mol. The van der Waals surface area contributed by atoms with Gasteiger partial charge in [-0.3, -0.25) is 4.79 Å². The van der Waals surface area contributed by atoms with Crippen LogP contribution in [-0.4, -0.2) is 11.9 Å². The molecule has 0 bridgehead atoms. The summed E-state index contributed by atoms with van der Waals surface area (Å²) in [5.41, 5.74) is 2.36. The van der Waals surface area contributed by atoms with Gasteiger partial charge in [-0.2, -0.15) is 0 Å². The van der Waals surface area contributed by atoms with Crippen molar-refractivity contribution in [3.63, 3.8) is 0 Å². The van der Waals surface area contributed by atoms with Crippen LogP contribution in [0.1, 0.15) is 24.1 Å². The summed E-state index contributed by atoms with van der Waals surface area (Å²) < 4.78 is 26.4. The molecule has 24 heavy (non-hydrogen) atoms. The minimum absolute atomic E-state index is 0.0627. The zero-order valence-electron chi connectivity index (χ0n) is 12.8. The summed E-state index contributed by atoms with van der Waals surface area (Å²) in [6.07, 6.45) is 0.308. The van der Waals surface area contributed by atoms with E-state index in [1.165, 1.54) is 0 Å². The highest BCUT2D eigenvalue weighted by molar-refractivity contribution is 5.99. The Labute approximate surface area is 137 Å². The van der Waals surface area contributed by atoms with Crippen molar-refractivity contribution in [2.75, 3.05) is 10.6 Å². The van der Waals surface area contributed by atoms with Crippen molar-refractivity contribution >= 4 is 23.3 Å². The van der Waals surface area contributed by atoms with E-state index < -0.39 is 17.7 Å². The van der Waals surface area contributed by atoms with Gasteiger partial charge < -0.3 is 16.0 Å². The van der Waals surface area contributed by atoms with Crippen molar-refractivity contribution in [2.45, 2.75) is 19.4 Å². The molecule has 3 rings (SSSR count). The van der Waals surface area contributed by atoms with Crippen molar-refractivity contribution in [2.24, 2.45) is 0 Å². The third-order valence-corrected chi connectivity index (χ3v) is 3.78. The first kappa shape index (κ1) is 15.9. The van der Waals surface area contributed by atoms with Gasteiger partial charge in [-0.1, -0.05) is 12.1 Å². The lowest BCUT2D eigenvalue weighted by molar-refractivity contribution is -0.115. The van der Waals surface area contributed by atoms with Gasteiger partial charge in [0.05, 0.1) is 18.2 Å². The second kappa shape index (κ2) is 6.27. The summed E-state index contributed by atoms with van der Waals surface area (Å²) in [7, 11) is 0. The topological polar surface area (TPSA) is 70.2 Å². The quantitative estimate of drug-likeness (QED) is 0.807. The molecule has 124 valence electrons. The van der Waals surface area contributed by atoms with Crippen LogP contribution in [-0.2, 0) is 11.2 Å². The van der Waals surface area contributed by atoms with E-state index in [0.29, 0.717) is 12.5 Å². The van der Waals surface area contributed by atoms with Crippen LogP contribution in [0.2, 0.25) is 0 Å². The van der Waals surface area contributed by atoms with Crippen LogP contribution < -0.4 is 16.0 Å². The molecule has 1 heterocycles. The second-order valence-electron chi connectivity index (χ2n) is 5.59. The van der Waals surface area contributed by atoms with Gasteiger partial charge in [0.15, 0.2) is 0 Å². The highest BCUT2D eigenvalue weighted by atomic mass is 19.1. The molecule has 0 saturated heterocycles. The van der Waals surface area contributed by atoms with Crippen molar-refractivity contribution in [1.29, 1.82) is 0 Å². The zero-order chi connectivity index (χ0) is 17.3. The number of hydrogen-bond donors (Lipinski definition) is 3. The minimum atomic E-state index is -0.847. The van der Waals surface area contributed by atoms with Gasteiger partial charge in [0.25, 0.3) is 0 Å². The van der Waals surface area contributed by atoms with Crippen molar-refractivity contribution < 1.29 is 18.4 Å². The lowest BCUT2D eigenvalue weighted by atomic mass is 10.0. The summed E-state index contributed by atoms with van der Waals surface area (Å²) in [5.74, 6) is -1.62. The summed E-state index contributed by atoms with van der Waals surface area (Å²) in [4.78, 5) is 23.3. The van der Waals surface area contributed by atoms with Crippen LogP contribution in [0.5, 0.6) is 0 Å². The molecular weight excluding hydrogens is 316 g/mol. The first-order valence-corrected chi connectivity index (χ1v) is 7.37. The Morgan fingerprint density at radius 1 is 1.21 bits per heavy atom. The van der Waals surface area contributed by atoms with Gasteiger partial charge in [-0.05, 0) is 36.2 Å². The van der Waals surface area contributed by atoms with Crippen LogP contribution >= 0.6 is 0 Å². The Hall–Kier alpha value is -2.96. The zero-order valence-corrected chi connectivity index (χ0v) is 12.8. The Balaban J connectivity index is 1.66. The first-order chi connectivity index (χ1) is 11.4. The number of carbonyl (C=O) groups excluding carboxylic acids is 2. The van der Waals surface area contributed by atoms with E-state index in [0.717, 1.165) is 28.9 Å². The molecule has 3 N–H and O–H groups in total. The standard InChI is InChI=1S/C17H15F2N3O2/c1-9(10-2-4-14-11(6-10)7-16(23)21-14)20-17(24)22-15-5-3-12(18)8-13(15)19/h2-6,8-9H,7H2,1H3,(H,21,23)(H2,20,22,24). The molecule has 2 aromatic carbocycles. The number of urea groups is 1. The van der Waals surface area contributed by atoms with Crippen LogP contribution in [0.3, 0.4) is 0 Å². The molecule has 0 aliphatic carbocycles. The fourth-order valence-electron chi connectivity index (χ4n) is 2.55. The lowest BCUT2D eigenvalue weighted by Gasteiger charge is -2.16. The van der Waals surface area contributed by atoms with E-state index in [9.17, 15) is 18.4 Å². The normalized spacial score (nSPS) is 13.9. The number of fused-ring (bicyclic) bond motifs is 1. The van der Waals surface area contributed by atoms with Gasteiger partial charge in [0, 0.05) is 11.8 Å². The Morgan fingerprint density at radius 3 is 2.75 bits per heavy atom. The maximum atomic E-state index is 13.5. The summed E-state index contributed by atoms with van der Waals surface area (Å²) in [6, 6.07) is 7.38. The SMILES string of the molecule is CC(NC(=O)Nc1ccc(F)cc1F)c1ccc2c(c1)CC(=O)N2. The summed E-state index contributed by atoms with van der Waals surface area (Å²) in [6.45, 7) is 1.77. The van der Waals surface area contributed by atoms with Gasteiger partial charge in [0.2, 0.25) is 5.91 Å². The summed E-state index contributed by atoms with van der Waals surface area (Å²) >= 11 is 0. The number of anilines is 2. The molecule has 1 unspecified atom stereocenters. The lowest BCUT2D eigenvalue weighted by Crippen LogP contribution is -2.31. The fourth-order valence-corrected chi connectivity index (χ4v) is 2.55. The van der Waals surface area contributed by atoms with E-state index in [1.807, 2.05) is 6.07 Å². The van der Waals surface area contributed by atoms with Gasteiger partial charge in [0.1, 0.15) is 11.6 Å². The molecule has 1 aliphatic rings. The second-order valence-corrected chi connectivity index (χ2v) is 5.59. The number of hydrogen-bond acceptors (Lipinski definition) is 2. The van der Waals surface area contributed by atoms with Crippen LogP contribution in [0.25, 0.3) is 0 Å². The summed E-state index contributed by atoms with van der Waals surface area (Å²) in [5, 5.41) is 7.75. The molecule has 0 fully saturated rings. The largest absolute Gasteiger partial charge is 0.331 e. The maximum Gasteiger partial charge on any atom is 0.319 e. The average molecular weight is 331 g/mol. The van der Waals surface area contributed by atoms with E-state index in [1.54, 1.807) is 19.1 Å². The van der Waals surface area contributed by atoms with E-state index in [-0.39, 0.29) is 17.6 Å². The molecule has 5 nitrogen and oxygen atoms in total. The van der Waals surface area contributed by atoms with Crippen LogP contribution in [0.4, 0.5) is 25.0 Å². The van der Waals surface area contributed by atoms with Crippen LogP contribution in [0, 0.1) is 11.6 Å². The third kappa shape index (κ3) is 3.34. The maximum absolute atomic E-state index is 13.5. The predicted molar refractivity (Wildman–Crippen MR) is 85.7 cm³/mol. The van der Waals surface area contributed by atoms with Crippen LogP contribution in [0.15, 0.2) is 36.4 Å². The molecule has 7 heteroatoms. The molecule has 2 aromatic rings. The highest BCUT2D eigenvalue weighted by Gasteiger charge is 2.19. The molecule has 0 radical (unpaired) electrons. The Bertz CT molecular complexity index is 823. The Morgan fingerprint density at radius 2 is 2.00 bits per heavy atom. The Kier molecular flexibility index (Phi) is 4.16. The molecule has 1 aliphatic heterocycles. The third-order valence-electron chi connectivity index (χ3n) is 3.78. The van der Waals surface area contributed by atoms with Gasteiger partial charge in [-0.25, -0.2) is 13.6 Å². The first-order valence-electron chi connectivity index (χ1n) is 7.37. The fraction of sp³-hybridized carbons (Fsp3) is 0.176.